The molecule has 0 unspecified atom stereocenters. The van der Waals surface area contributed by atoms with Gasteiger partial charge in [-0.2, -0.15) is 4.31 Å². The average Bonchev–Trinajstić information content (AvgIpc) is 3.34. The van der Waals surface area contributed by atoms with E-state index in [-0.39, 0.29) is 29.8 Å². The Bertz CT molecular complexity index is 1140. The lowest BCUT2D eigenvalue weighted by atomic mass is 9.87. The van der Waals surface area contributed by atoms with Gasteiger partial charge in [-0.1, -0.05) is 11.6 Å². The molecule has 0 aliphatic carbocycles. The molecule has 2 aliphatic rings. The summed E-state index contributed by atoms with van der Waals surface area (Å²) in [6.45, 7) is 1.65. The van der Waals surface area contributed by atoms with E-state index in [1.165, 1.54) is 37.8 Å². The van der Waals surface area contributed by atoms with Crippen molar-refractivity contribution >= 4 is 27.5 Å². The maximum Gasteiger partial charge on any atom is 0.243 e. The van der Waals surface area contributed by atoms with Crippen LogP contribution in [0.3, 0.4) is 0 Å². The normalized spacial score (nSPS) is 21.1. The van der Waals surface area contributed by atoms with Crippen LogP contribution in [-0.4, -0.2) is 71.0 Å². The molecule has 2 atom stereocenters. The summed E-state index contributed by atoms with van der Waals surface area (Å²) in [5, 5.41) is 0.457. The molecule has 0 saturated carbocycles. The summed E-state index contributed by atoms with van der Waals surface area (Å²) in [5.41, 5.74) is 0.767. The van der Waals surface area contributed by atoms with Gasteiger partial charge in [-0.3, -0.25) is 4.79 Å². The first-order chi connectivity index (χ1) is 16.8. The number of hydrogen-bond donors (Lipinski definition) is 0. The third kappa shape index (κ3) is 5.08. The molecule has 2 saturated heterocycles. The lowest BCUT2D eigenvalue weighted by Crippen LogP contribution is -2.42. The number of ether oxygens (including phenoxy) is 3. The van der Waals surface area contributed by atoms with Crippen molar-refractivity contribution in [2.24, 2.45) is 5.92 Å². The highest BCUT2D eigenvalue weighted by atomic mass is 35.5. The molecule has 190 valence electrons. The monoisotopic (exact) mass is 522 g/mol. The minimum atomic E-state index is -3.82. The van der Waals surface area contributed by atoms with Crippen molar-refractivity contribution < 1.29 is 27.4 Å². The number of rotatable bonds is 7. The molecule has 35 heavy (non-hydrogen) atoms. The molecule has 10 heteroatoms. The first-order valence-corrected chi connectivity index (χ1v) is 13.5. The number of sulfonamides is 1. The van der Waals surface area contributed by atoms with E-state index >= 15 is 0 Å². The molecule has 2 heterocycles. The standard InChI is InChI=1S/C25H31ClN2O6S/c1-32-22-13-17(14-23(33-2)24(22)34-3)20-15-28(35(30,31)19-9-7-18(26)8-10-19)16-21(20)25(29)27-11-5-4-6-12-27/h7-10,13-14,20-21H,4-6,11-12,15-16H2,1-3H3/t20-,21-/m0/s1. The summed E-state index contributed by atoms with van der Waals surface area (Å²) in [6, 6.07) is 9.70. The number of carbonyl (C=O) groups excluding carboxylic acids is 1. The van der Waals surface area contributed by atoms with Crippen molar-refractivity contribution in [3.8, 4) is 17.2 Å². The van der Waals surface area contributed by atoms with Crippen molar-refractivity contribution in [2.75, 3.05) is 47.5 Å². The van der Waals surface area contributed by atoms with E-state index in [1.807, 2.05) is 4.90 Å². The molecule has 1 amide bonds. The summed E-state index contributed by atoms with van der Waals surface area (Å²) in [7, 11) is 0.768. The van der Waals surface area contributed by atoms with Crippen LogP contribution in [-0.2, 0) is 14.8 Å². The molecular weight excluding hydrogens is 492 g/mol. The molecular formula is C25H31ClN2O6S. The van der Waals surface area contributed by atoms with Gasteiger partial charge in [-0.25, -0.2) is 8.42 Å². The van der Waals surface area contributed by atoms with Crippen molar-refractivity contribution in [3.63, 3.8) is 0 Å². The summed E-state index contributed by atoms with van der Waals surface area (Å²) in [5.74, 6) is 0.451. The first-order valence-electron chi connectivity index (χ1n) is 11.6. The zero-order chi connectivity index (χ0) is 25.2. The summed E-state index contributed by atoms with van der Waals surface area (Å²) in [4.78, 5) is 15.7. The number of carbonyl (C=O) groups is 1. The van der Waals surface area contributed by atoms with E-state index in [4.69, 9.17) is 25.8 Å². The fraction of sp³-hybridized carbons (Fsp3) is 0.480. The number of benzene rings is 2. The van der Waals surface area contributed by atoms with E-state index < -0.39 is 15.9 Å². The molecule has 2 aromatic carbocycles. The predicted molar refractivity (Wildman–Crippen MR) is 133 cm³/mol. The van der Waals surface area contributed by atoms with Crippen LogP contribution < -0.4 is 14.2 Å². The van der Waals surface area contributed by atoms with Gasteiger partial charge in [0.05, 0.1) is 32.1 Å². The number of hydrogen-bond acceptors (Lipinski definition) is 6. The fourth-order valence-electron chi connectivity index (χ4n) is 4.97. The van der Waals surface area contributed by atoms with Crippen molar-refractivity contribution in [1.29, 1.82) is 0 Å². The predicted octanol–water partition coefficient (Wildman–Crippen LogP) is 3.78. The van der Waals surface area contributed by atoms with Crippen molar-refractivity contribution in [2.45, 2.75) is 30.1 Å². The van der Waals surface area contributed by atoms with Gasteiger partial charge in [0.25, 0.3) is 0 Å². The Kier molecular flexibility index (Phi) is 7.78. The highest BCUT2D eigenvalue weighted by molar-refractivity contribution is 7.89. The number of likely N-dealkylation sites (tertiary alicyclic amines) is 1. The topological polar surface area (TPSA) is 85.4 Å². The molecule has 4 rings (SSSR count). The second kappa shape index (κ2) is 10.6. The molecule has 0 N–H and O–H groups in total. The fourth-order valence-corrected chi connectivity index (χ4v) is 6.59. The summed E-state index contributed by atoms with van der Waals surface area (Å²) >= 11 is 5.96. The largest absolute Gasteiger partial charge is 0.493 e. The van der Waals surface area contributed by atoms with Crippen molar-refractivity contribution in [1.82, 2.24) is 9.21 Å². The molecule has 8 nitrogen and oxygen atoms in total. The lowest BCUT2D eigenvalue weighted by Gasteiger charge is -2.31. The third-order valence-corrected chi connectivity index (χ3v) is 8.94. The number of piperidine rings is 1. The number of halogens is 1. The molecule has 0 aromatic heterocycles. The zero-order valence-electron chi connectivity index (χ0n) is 20.2. The number of amides is 1. The Morgan fingerprint density at radius 1 is 0.914 bits per heavy atom. The molecule has 2 aromatic rings. The highest BCUT2D eigenvalue weighted by Gasteiger charge is 2.45. The Morgan fingerprint density at radius 3 is 2.06 bits per heavy atom. The second-order valence-corrected chi connectivity index (χ2v) is 11.2. The van der Waals surface area contributed by atoms with Crippen LogP contribution >= 0.6 is 11.6 Å². The van der Waals surface area contributed by atoms with Gasteiger partial charge in [0, 0.05) is 37.1 Å². The highest BCUT2D eigenvalue weighted by Crippen LogP contribution is 2.44. The van der Waals surface area contributed by atoms with Gasteiger partial charge in [-0.05, 0) is 61.2 Å². The summed E-state index contributed by atoms with van der Waals surface area (Å²) < 4.78 is 44.9. The van der Waals surface area contributed by atoms with Crippen molar-refractivity contribution in [3.05, 3.63) is 47.0 Å². The Labute approximate surface area is 211 Å². The van der Waals surface area contributed by atoms with E-state index in [0.717, 1.165) is 24.8 Å². The van der Waals surface area contributed by atoms with Gasteiger partial charge >= 0.3 is 0 Å². The maximum atomic E-state index is 13.7. The average molecular weight is 523 g/mol. The van der Waals surface area contributed by atoms with Gasteiger partial charge < -0.3 is 19.1 Å². The van der Waals surface area contributed by atoms with Crippen LogP contribution in [0.25, 0.3) is 0 Å². The van der Waals surface area contributed by atoms with Crippen LogP contribution in [0.5, 0.6) is 17.2 Å². The molecule has 0 spiro atoms. The van der Waals surface area contributed by atoms with E-state index in [9.17, 15) is 13.2 Å². The minimum Gasteiger partial charge on any atom is -0.493 e. The third-order valence-electron chi connectivity index (χ3n) is 6.84. The van der Waals surface area contributed by atoms with Crippen LogP contribution in [0.2, 0.25) is 5.02 Å². The number of methoxy groups -OCH3 is 3. The maximum absolute atomic E-state index is 13.7. The van der Waals surface area contributed by atoms with Gasteiger partial charge in [-0.15, -0.1) is 0 Å². The Morgan fingerprint density at radius 2 is 1.51 bits per heavy atom. The smallest absolute Gasteiger partial charge is 0.243 e. The zero-order valence-corrected chi connectivity index (χ0v) is 21.8. The minimum absolute atomic E-state index is 0.0164. The summed E-state index contributed by atoms with van der Waals surface area (Å²) in [6.07, 6.45) is 3.02. The SMILES string of the molecule is COc1cc([C@@H]2CN(S(=O)(=O)c3ccc(Cl)cc3)C[C@@H]2C(=O)N2CCCCC2)cc(OC)c1OC. The number of nitrogens with zero attached hydrogens (tertiary/aromatic N) is 2. The van der Waals surface area contributed by atoms with Gasteiger partial charge in [0.15, 0.2) is 11.5 Å². The van der Waals surface area contributed by atoms with Crippen LogP contribution in [0.4, 0.5) is 0 Å². The van der Waals surface area contributed by atoms with Crippen LogP contribution in [0.15, 0.2) is 41.3 Å². The second-order valence-electron chi connectivity index (χ2n) is 8.83. The van der Waals surface area contributed by atoms with Gasteiger partial charge in [0.2, 0.25) is 21.7 Å². The van der Waals surface area contributed by atoms with E-state index in [2.05, 4.69) is 0 Å². The van der Waals surface area contributed by atoms with E-state index in [0.29, 0.717) is 35.4 Å². The molecule has 2 fully saturated rings. The molecule has 0 bridgehead atoms. The molecule has 2 aliphatic heterocycles. The Balaban J connectivity index is 1.74. The van der Waals surface area contributed by atoms with E-state index in [1.54, 1.807) is 24.3 Å². The quantitative estimate of drug-likeness (QED) is 0.550. The lowest BCUT2D eigenvalue weighted by molar-refractivity contribution is -0.136. The van der Waals surface area contributed by atoms with Crippen LogP contribution in [0.1, 0.15) is 30.7 Å². The van der Waals surface area contributed by atoms with Gasteiger partial charge in [0.1, 0.15) is 0 Å². The van der Waals surface area contributed by atoms with Crippen LogP contribution in [0, 0.1) is 5.92 Å². The molecule has 0 radical (unpaired) electrons. The first kappa shape index (κ1) is 25.6. The Hall–Kier alpha value is -2.49.